The number of pyridine rings is 1. The number of fused-ring (bicyclic) bond motifs is 4. The van der Waals surface area contributed by atoms with Gasteiger partial charge in [0.2, 0.25) is 5.91 Å². The van der Waals surface area contributed by atoms with E-state index in [1.165, 1.54) is 35.0 Å². The third kappa shape index (κ3) is 4.12. The molecule has 1 aliphatic carbocycles. The van der Waals surface area contributed by atoms with E-state index in [0.717, 1.165) is 63.1 Å². The molecule has 196 valence electrons. The maximum atomic E-state index is 13.3. The second kappa shape index (κ2) is 9.76. The van der Waals surface area contributed by atoms with Crippen molar-refractivity contribution in [3.8, 4) is 5.75 Å². The standard InChI is InChI=1S/C30H38N4O3/c1-32-25-17-23(37-2)7-8-24(25)27-28(32)26(19-35)34(18-21-9-13-31-14-10-21)20-30(27)11-15-33(16-12-30)29(36)22-5-3-4-6-22/h7-10,13-14,17,22,26,35H,3-6,11-12,15-16,18-20H2,1-2H3/t26-/m0/s1. The first-order valence-corrected chi connectivity index (χ1v) is 13.7. The first-order chi connectivity index (χ1) is 18.0. The highest BCUT2D eigenvalue weighted by atomic mass is 16.5. The summed E-state index contributed by atoms with van der Waals surface area (Å²) >= 11 is 0. The van der Waals surface area contributed by atoms with E-state index in [9.17, 15) is 9.90 Å². The number of amides is 1. The van der Waals surface area contributed by atoms with Crippen molar-refractivity contribution >= 4 is 16.8 Å². The predicted octanol–water partition coefficient (Wildman–Crippen LogP) is 4.18. The Morgan fingerprint density at radius 3 is 2.54 bits per heavy atom. The molecule has 0 bridgehead atoms. The Balaban J connectivity index is 1.41. The average molecular weight is 503 g/mol. The number of carbonyl (C=O) groups excluding carboxylic acids is 1. The minimum absolute atomic E-state index is 0.0573. The van der Waals surface area contributed by atoms with Crippen LogP contribution < -0.4 is 4.74 Å². The molecule has 0 unspecified atom stereocenters. The SMILES string of the molecule is COc1ccc2c3c(n(C)c2c1)[C@H](CO)N(Cc1ccncc1)CC31CCN(C(=O)C2CCCC2)CC1. The zero-order valence-corrected chi connectivity index (χ0v) is 22.0. The molecule has 7 nitrogen and oxygen atoms in total. The van der Waals surface area contributed by atoms with Crippen LogP contribution in [0.25, 0.3) is 10.9 Å². The highest BCUT2D eigenvalue weighted by molar-refractivity contribution is 5.89. The number of likely N-dealkylation sites (tertiary alicyclic amines) is 1. The smallest absolute Gasteiger partial charge is 0.225 e. The van der Waals surface area contributed by atoms with Gasteiger partial charge in [0.15, 0.2) is 0 Å². The zero-order chi connectivity index (χ0) is 25.6. The normalized spacial score (nSPS) is 22.0. The molecule has 7 heteroatoms. The molecule has 1 amide bonds. The van der Waals surface area contributed by atoms with Crippen molar-refractivity contribution in [3.63, 3.8) is 0 Å². The number of aromatic nitrogens is 2. The zero-order valence-electron chi connectivity index (χ0n) is 22.0. The van der Waals surface area contributed by atoms with Gasteiger partial charge in [0.25, 0.3) is 0 Å². The lowest BCUT2D eigenvalue weighted by molar-refractivity contribution is -0.137. The van der Waals surface area contributed by atoms with Crippen molar-refractivity contribution < 1.29 is 14.6 Å². The van der Waals surface area contributed by atoms with Crippen LogP contribution in [0.2, 0.25) is 0 Å². The minimum atomic E-state index is -0.102. The molecular weight excluding hydrogens is 464 g/mol. The summed E-state index contributed by atoms with van der Waals surface area (Å²) in [6.07, 6.45) is 10.0. The second-order valence-electron chi connectivity index (χ2n) is 11.2. The highest BCUT2D eigenvalue weighted by Crippen LogP contribution is 2.50. The summed E-state index contributed by atoms with van der Waals surface area (Å²) in [6.45, 7) is 3.28. The van der Waals surface area contributed by atoms with Crippen molar-refractivity contribution in [2.24, 2.45) is 13.0 Å². The topological polar surface area (TPSA) is 70.8 Å². The van der Waals surface area contributed by atoms with Crippen LogP contribution in [0.15, 0.2) is 42.7 Å². The Labute approximate surface area is 219 Å². The monoisotopic (exact) mass is 502 g/mol. The van der Waals surface area contributed by atoms with Crippen LogP contribution in [0.5, 0.6) is 5.75 Å². The Hall–Kier alpha value is -2.90. The molecule has 1 saturated heterocycles. The second-order valence-corrected chi connectivity index (χ2v) is 11.2. The van der Waals surface area contributed by atoms with Crippen LogP contribution in [0.3, 0.4) is 0 Å². The van der Waals surface area contributed by atoms with Crippen LogP contribution in [-0.4, -0.2) is 63.7 Å². The lowest BCUT2D eigenvalue weighted by Gasteiger charge is -2.51. The molecule has 3 aromatic rings. The van der Waals surface area contributed by atoms with Gasteiger partial charge in [-0.25, -0.2) is 0 Å². The van der Waals surface area contributed by atoms with Gasteiger partial charge in [-0.05, 0) is 61.1 Å². The fourth-order valence-corrected chi connectivity index (χ4v) is 7.35. The van der Waals surface area contributed by atoms with E-state index < -0.39 is 0 Å². The molecule has 1 aromatic carbocycles. The van der Waals surface area contributed by atoms with E-state index in [2.05, 4.69) is 50.7 Å². The van der Waals surface area contributed by atoms with Crippen molar-refractivity contribution in [1.29, 1.82) is 0 Å². The van der Waals surface area contributed by atoms with Crippen LogP contribution in [-0.2, 0) is 23.8 Å². The van der Waals surface area contributed by atoms with Gasteiger partial charge >= 0.3 is 0 Å². The summed E-state index contributed by atoms with van der Waals surface area (Å²) in [5, 5.41) is 12.0. The Morgan fingerprint density at radius 2 is 1.86 bits per heavy atom. The summed E-state index contributed by atoms with van der Waals surface area (Å²) < 4.78 is 7.83. The Bertz CT molecular complexity index is 1270. The number of hydrogen-bond acceptors (Lipinski definition) is 5. The quantitative estimate of drug-likeness (QED) is 0.567. The first kappa shape index (κ1) is 24.4. The molecule has 4 heterocycles. The van der Waals surface area contributed by atoms with Gasteiger partial charge in [-0.2, -0.15) is 0 Å². The Morgan fingerprint density at radius 1 is 1.14 bits per heavy atom. The molecule has 2 aliphatic heterocycles. The third-order valence-electron chi connectivity index (χ3n) is 9.29. The number of rotatable bonds is 5. The van der Waals surface area contributed by atoms with E-state index in [1.807, 2.05) is 18.5 Å². The van der Waals surface area contributed by atoms with Crippen LogP contribution in [0.4, 0.5) is 0 Å². The van der Waals surface area contributed by atoms with Gasteiger partial charge in [0, 0.05) is 74.1 Å². The molecule has 0 radical (unpaired) electrons. The maximum Gasteiger partial charge on any atom is 0.225 e. The highest BCUT2D eigenvalue weighted by Gasteiger charge is 2.48. The fraction of sp³-hybridized carbons (Fsp3) is 0.533. The van der Waals surface area contributed by atoms with E-state index in [0.29, 0.717) is 5.91 Å². The van der Waals surface area contributed by atoms with E-state index in [4.69, 9.17) is 4.74 Å². The molecule has 1 N–H and O–H groups in total. The molecule has 1 spiro atoms. The van der Waals surface area contributed by atoms with Crippen LogP contribution >= 0.6 is 0 Å². The number of aliphatic hydroxyl groups is 1. The number of methoxy groups -OCH3 is 1. The number of ether oxygens (including phenoxy) is 1. The number of hydrogen-bond donors (Lipinski definition) is 1. The van der Waals surface area contributed by atoms with Crippen molar-refractivity contribution in [1.82, 2.24) is 19.4 Å². The lowest BCUT2D eigenvalue weighted by Crippen LogP contribution is -2.55. The molecule has 6 rings (SSSR count). The summed E-state index contributed by atoms with van der Waals surface area (Å²) in [4.78, 5) is 22.0. The van der Waals surface area contributed by atoms with Gasteiger partial charge in [0.05, 0.1) is 25.3 Å². The largest absolute Gasteiger partial charge is 0.497 e. The average Bonchev–Trinajstić information content (AvgIpc) is 3.57. The molecule has 3 aliphatic rings. The number of benzene rings is 1. The van der Waals surface area contributed by atoms with E-state index >= 15 is 0 Å². The number of aryl methyl sites for hydroxylation is 1. The molecule has 37 heavy (non-hydrogen) atoms. The fourth-order valence-electron chi connectivity index (χ4n) is 7.35. The maximum absolute atomic E-state index is 13.3. The van der Waals surface area contributed by atoms with Gasteiger partial charge in [-0.3, -0.25) is 14.7 Å². The van der Waals surface area contributed by atoms with Crippen molar-refractivity contribution in [2.75, 3.05) is 33.4 Å². The molecular formula is C30H38N4O3. The van der Waals surface area contributed by atoms with E-state index in [-0.39, 0.29) is 24.0 Å². The molecule has 2 fully saturated rings. The van der Waals surface area contributed by atoms with Gasteiger partial charge in [-0.15, -0.1) is 0 Å². The first-order valence-electron chi connectivity index (χ1n) is 13.7. The van der Waals surface area contributed by atoms with Crippen molar-refractivity contribution in [3.05, 3.63) is 59.5 Å². The third-order valence-corrected chi connectivity index (χ3v) is 9.29. The number of piperidine rings is 1. The summed E-state index contributed by atoms with van der Waals surface area (Å²) in [5.74, 6) is 1.43. The van der Waals surface area contributed by atoms with Gasteiger partial charge < -0.3 is 19.3 Å². The summed E-state index contributed by atoms with van der Waals surface area (Å²) in [7, 11) is 3.82. The summed E-state index contributed by atoms with van der Waals surface area (Å²) in [6, 6.07) is 10.4. The number of nitrogens with zero attached hydrogens (tertiary/aromatic N) is 4. The van der Waals surface area contributed by atoms with E-state index in [1.54, 1.807) is 7.11 Å². The molecule has 1 saturated carbocycles. The number of aliphatic hydroxyl groups excluding tert-OH is 1. The van der Waals surface area contributed by atoms with Crippen molar-refractivity contribution in [2.45, 2.75) is 56.5 Å². The van der Waals surface area contributed by atoms with Gasteiger partial charge in [-0.1, -0.05) is 12.8 Å². The minimum Gasteiger partial charge on any atom is -0.497 e. The molecule has 2 aromatic heterocycles. The van der Waals surface area contributed by atoms with Gasteiger partial charge in [0.1, 0.15) is 5.75 Å². The Kier molecular flexibility index (Phi) is 6.45. The summed E-state index contributed by atoms with van der Waals surface area (Å²) in [5.41, 5.74) is 4.82. The number of carbonyl (C=O) groups is 1. The lowest BCUT2D eigenvalue weighted by atomic mass is 9.68. The predicted molar refractivity (Wildman–Crippen MR) is 143 cm³/mol. The van der Waals surface area contributed by atoms with Crippen LogP contribution in [0, 0.1) is 5.92 Å². The van der Waals surface area contributed by atoms with Crippen LogP contribution in [0.1, 0.15) is 61.4 Å². The molecule has 1 atom stereocenters.